The van der Waals surface area contributed by atoms with E-state index in [-0.39, 0.29) is 30.9 Å². The van der Waals surface area contributed by atoms with Gasteiger partial charge in [-0.1, -0.05) is 12.1 Å². The molecule has 7 amide bonds. The Morgan fingerprint density at radius 1 is 1.12 bits per heavy atom. The summed E-state index contributed by atoms with van der Waals surface area (Å²) < 4.78 is -1.31. The third-order valence-electron chi connectivity index (χ3n) is 7.24. The lowest BCUT2D eigenvalue weighted by Crippen LogP contribution is -2.80. The number of aliphatic carboxylic acids is 1. The maximum absolute atomic E-state index is 13.8. The van der Waals surface area contributed by atoms with Crippen LogP contribution < -0.4 is 16.0 Å². The first kappa shape index (κ1) is 28.7. The van der Waals surface area contributed by atoms with Gasteiger partial charge in [0.15, 0.2) is 0 Å². The van der Waals surface area contributed by atoms with Crippen LogP contribution in [0.5, 0.6) is 5.75 Å². The molecule has 5 N–H and O–H groups in total. The van der Waals surface area contributed by atoms with Gasteiger partial charge in [-0.25, -0.2) is 9.59 Å². The average molecular weight is 577 g/mol. The van der Waals surface area contributed by atoms with E-state index in [4.69, 9.17) is 0 Å². The largest absolute Gasteiger partial charge is 0.508 e. The summed E-state index contributed by atoms with van der Waals surface area (Å²) in [6.07, 6.45) is 0.329. The molecular formula is C24H28N6O9S. The molecule has 3 saturated heterocycles. The van der Waals surface area contributed by atoms with Crippen molar-refractivity contribution in [2.45, 2.75) is 48.6 Å². The predicted octanol–water partition coefficient (Wildman–Crippen LogP) is -1.46. The van der Waals surface area contributed by atoms with E-state index in [9.17, 15) is 43.8 Å². The van der Waals surface area contributed by atoms with Gasteiger partial charge in [0.1, 0.15) is 23.2 Å². The van der Waals surface area contributed by atoms with E-state index in [1.807, 2.05) is 0 Å². The number of β-lactam (4-membered cyclic amide) rings is 1. The number of aromatic hydroxyl groups is 1. The zero-order valence-electron chi connectivity index (χ0n) is 21.7. The van der Waals surface area contributed by atoms with Crippen LogP contribution in [0.4, 0.5) is 4.79 Å². The fourth-order valence-electron chi connectivity index (χ4n) is 5.06. The van der Waals surface area contributed by atoms with Gasteiger partial charge < -0.3 is 31.1 Å². The fourth-order valence-corrected chi connectivity index (χ4v) is 6.77. The maximum atomic E-state index is 13.8. The molecular weight excluding hydrogens is 548 g/mol. The molecule has 40 heavy (non-hydrogen) atoms. The van der Waals surface area contributed by atoms with Crippen LogP contribution in [0.25, 0.3) is 0 Å². The van der Waals surface area contributed by atoms with Crippen molar-refractivity contribution < 1.29 is 43.8 Å². The lowest BCUT2D eigenvalue weighted by Gasteiger charge is -2.49. The summed E-state index contributed by atoms with van der Waals surface area (Å²) in [5, 5.41) is 26.5. The number of fused-ring (bicyclic) bond motifs is 1. The number of rotatable bonds is 8. The van der Waals surface area contributed by atoms with Gasteiger partial charge >= 0.3 is 23.8 Å². The van der Waals surface area contributed by atoms with Crippen molar-refractivity contribution >= 4 is 53.8 Å². The number of nitrogens with one attached hydrogen (secondary N) is 3. The Morgan fingerprint density at radius 3 is 2.35 bits per heavy atom. The van der Waals surface area contributed by atoms with Gasteiger partial charge in [-0.05, 0) is 38.5 Å². The topological polar surface area (TPSA) is 206 Å². The molecule has 3 aliphatic heterocycles. The van der Waals surface area contributed by atoms with Gasteiger partial charge in [0.25, 0.3) is 5.91 Å². The van der Waals surface area contributed by atoms with E-state index in [1.54, 1.807) is 6.92 Å². The van der Waals surface area contributed by atoms with Crippen LogP contribution >= 0.6 is 11.8 Å². The number of carbonyl (C=O) groups excluding carboxylic acids is 6. The monoisotopic (exact) mass is 576 g/mol. The molecule has 1 aromatic rings. The minimum absolute atomic E-state index is 0.0898. The number of phenolic OH excluding ortho intramolecular Hbond substituents is 1. The zero-order valence-corrected chi connectivity index (χ0v) is 22.6. The van der Waals surface area contributed by atoms with Crippen molar-refractivity contribution in [1.82, 2.24) is 30.7 Å². The van der Waals surface area contributed by atoms with E-state index in [0.29, 0.717) is 11.3 Å². The SMILES string of the molecule is CCN1CCN(C(=O)NC(C(=O)N[C@@]2(C(=O)O)N3C(=O)[C@H](NC=O)[C@H]3SC2(C)C)c2ccc(O)cc2)C(=O)C1=O. The Kier molecular flexibility index (Phi) is 7.40. The Morgan fingerprint density at radius 2 is 1.77 bits per heavy atom. The van der Waals surface area contributed by atoms with Gasteiger partial charge in [-0.3, -0.25) is 33.8 Å². The molecule has 16 heteroatoms. The van der Waals surface area contributed by atoms with Gasteiger partial charge in [0, 0.05) is 19.6 Å². The average Bonchev–Trinajstić information content (AvgIpc) is 3.12. The normalized spacial score (nSPS) is 26.0. The number of carboxylic acid groups (broad SMARTS) is 1. The van der Waals surface area contributed by atoms with Crippen LogP contribution in [0.2, 0.25) is 0 Å². The fraction of sp³-hybridized carbons (Fsp3) is 0.458. The van der Waals surface area contributed by atoms with Crippen molar-refractivity contribution in [3.05, 3.63) is 29.8 Å². The first-order valence-electron chi connectivity index (χ1n) is 12.3. The highest BCUT2D eigenvalue weighted by Gasteiger charge is 2.74. The number of likely N-dealkylation sites (N-methyl/N-ethyl adjacent to an activating group) is 1. The molecule has 15 nitrogen and oxygen atoms in total. The number of benzene rings is 1. The minimum atomic E-state index is -2.28. The summed E-state index contributed by atoms with van der Waals surface area (Å²) in [6.45, 7) is 4.93. The number of nitrogens with zero attached hydrogens (tertiary/aromatic N) is 3. The molecule has 1 unspecified atom stereocenters. The van der Waals surface area contributed by atoms with Crippen LogP contribution in [0.15, 0.2) is 24.3 Å². The number of amides is 7. The second kappa shape index (κ2) is 10.3. The first-order valence-corrected chi connectivity index (χ1v) is 13.1. The quantitative estimate of drug-likeness (QED) is 0.138. The van der Waals surface area contributed by atoms with Gasteiger partial charge in [0.2, 0.25) is 18.0 Å². The number of carboxylic acids is 1. The lowest BCUT2D eigenvalue weighted by atomic mass is 9.88. The smallest absolute Gasteiger partial charge is 0.352 e. The molecule has 0 saturated carbocycles. The second-order valence-electron chi connectivity index (χ2n) is 9.81. The van der Waals surface area contributed by atoms with Crippen LogP contribution in [0, 0.1) is 0 Å². The van der Waals surface area contributed by atoms with Crippen molar-refractivity contribution in [1.29, 1.82) is 0 Å². The Bertz CT molecular complexity index is 1290. The Labute approximate surface area is 232 Å². The number of hydrogen-bond acceptors (Lipinski definition) is 9. The number of thioether (sulfide) groups is 1. The highest BCUT2D eigenvalue weighted by atomic mass is 32.2. The van der Waals surface area contributed by atoms with E-state index >= 15 is 0 Å². The highest BCUT2D eigenvalue weighted by Crippen LogP contribution is 2.55. The predicted molar refractivity (Wildman–Crippen MR) is 137 cm³/mol. The molecule has 0 spiro atoms. The molecule has 1 aromatic carbocycles. The highest BCUT2D eigenvalue weighted by molar-refractivity contribution is 8.01. The Balaban J connectivity index is 1.66. The number of imide groups is 1. The van der Waals surface area contributed by atoms with Gasteiger partial charge in [-0.2, -0.15) is 0 Å². The van der Waals surface area contributed by atoms with Crippen molar-refractivity contribution in [2.24, 2.45) is 0 Å². The molecule has 4 atom stereocenters. The van der Waals surface area contributed by atoms with Crippen molar-refractivity contribution in [3.63, 3.8) is 0 Å². The summed E-state index contributed by atoms with van der Waals surface area (Å²) in [7, 11) is 0. The summed E-state index contributed by atoms with van der Waals surface area (Å²) in [5.74, 6) is -5.43. The van der Waals surface area contributed by atoms with E-state index in [1.165, 1.54) is 43.0 Å². The van der Waals surface area contributed by atoms with Gasteiger partial charge in [0.05, 0.1) is 4.75 Å². The van der Waals surface area contributed by atoms with Crippen LogP contribution in [0.1, 0.15) is 32.4 Å². The number of hydrogen-bond donors (Lipinski definition) is 5. The Hall–Kier alpha value is -4.34. The minimum Gasteiger partial charge on any atom is -0.508 e. The van der Waals surface area contributed by atoms with E-state index < -0.39 is 63.5 Å². The number of phenols is 1. The molecule has 0 aliphatic carbocycles. The summed E-state index contributed by atoms with van der Waals surface area (Å²) in [6, 6.07) is 1.44. The summed E-state index contributed by atoms with van der Waals surface area (Å²) in [4.78, 5) is 91.3. The van der Waals surface area contributed by atoms with Crippen molar-refractivity contribution in [2.75, 3.05) is 19.6 Å². The summed E-state index contributed by atoms with van der Waals surface area (Å²) >= 11 is 1.07. The second-order valence-corrected chi connectivity index (χ2v) is 11.5. The van der Waals surface area contributed by atoms with E-state index in [2.05, 4.69) is 16.0 Å². The van der Waals surface area contributed by atoms with Crippen LogP contribution in [0.3, 0.4) is 0 Å². The first-order chi connectivity index (χ1) is 18.8. The van der Waals surface area contributed by atoms with Crippen LogP contribution in [-0.4, -0.2) is 108 Å². The third-order valence-corrected chi connectivity index (χ3v) is 8.85. The maximum Gasteiger partial charge on any atom is 0.352 e. The van der Waals surface area contributed by atoms with Crippen molar-refractivity contribution in [3.8, 4) is 5.75 Å². The molecule has 0 bridgehead atoms. The number of carbonyl (C=O) groups is 7. The molecule has 4 rings (SSSR count). The number of piperazine rings is 1. The molecule has 3 aliphatic rings. The molecule has 0 aromatic heterocycles. The zero-order chi connectivity index (χ0) is 29.6. The standard InChI is InChI=1S/C24H28N6O9S/c1-4-28-9-10-29(19(36)18(28)35)22(39)26-14(12-5-7-13(32)8-6-12)16(33)27-24(21(37)38)23(2,3)40-20-15(25-11-31)17(34)30(20)24/h5-8,11,14-15,20,32H,4,9-10H2,1-3H3,(H,25,31)(H,26,39)(H,27,33)(H,37,38)/t14?,15-,20+,24-/m0/s1. The lowest BCUT2D eigenvalue weighted by molar-refractivity contribution is -0.176. The molecule has 3 fully saturated rings. The number of urea groups is 1. The molecule has 214 valence electrons. The van der Waals surface area contributed by atoms with Crippen LogP contribution in [-0.2, 0) is 28.8 Å². The third kappa shape index (κ3) is 4.37. The van der Waals surface area contributed by atoms with E-state index in [0.717, 1.165) is 16.7 Å². The van der Waals surface area contributed by atoms with Gasteiger partial charge in [-0.15, -0.1) is 11.8 Å². The summed E-state index contributed by atoms with van der Waals surface area (Å²) in [5.41, 5.74) is -2.17. The molecule has 3 heterocycles. The molecule has 0 radical (unpaired) electrons.